The molecular formula is C12H24N2O5S. The molecule has 0 amide bonds. The maximum absolute atomic E-state index is 12.2. The molecule has 0 spiro atoms. The Bertz CT molecular complexity index is 435. The second-order valence-corrected chi connectivity index (χ2v) is 7.30. The fourth-order valence-corrected chi connectivity index (χ4v) is 3.60. The highest BCUT2D eigenvalue weighted by atomic mass is 32.2. The maximum Gasteiger partial charge on any atom is 0.321 e. The van der Waals surface area contributed by atoms with Crippen molar-refractivity contribution in [2.45, 2.75) is 51.7 Å². The SMILES string of the molecule is CCCCC(NS(=O)(=O)N1CCOC(C)(C)C1)C(=O)O. The summed E-state index contributed by atoms with van der Waals surface area (Å²) in [6.07, 6.45) is 1.77. The van der Waals surface area contributed by atoms with E-state index < -0.39 is 27.8 Å². The normalized spacial score (nSPS) is 21.6. The molecule has 0 aromatic rings. The second kappa shape index (κ2) is 6.84. The molecule has 0 radical (unpaired) electrons. The van der Waals surface area contributed by atoms with Gasteiger partial charge in [-0.05, 0) is 20.3 Å². The molecular weight excluding hydrogens is 284 g/mol. The number of aliphatic carboxylic acids is 1. The van der Waals surface area contributed by atoms with Crippen molar-refractivity contribution in [2.75, 3.05) is 19.7 Å². The highest BCUT2D eigenvalue weighted by Crippen LogP contribution is 2.18. The van der Waals surface area contributed by atoms with Gasteiger partial charge in [0, 0.05) is 13.1 Å². The minimum Gasteiger partial charge on any atom is -0.480 e. The van der Waals surface area contributed by atoms with Crippen LogP contribution in [0.2, 0.25) is 0 Å². The third kappa shape index (κ3) is 5.01. The lowest BCUT2D eigenvalue weighted by Gasteiger charge is -2.37. The van der Waals surface area contributed by atoms with Crippen molar-refractivity contribution in [3.05, 3.63) is 0 Å². The van der Waals surface area contributed by atoms with Crippen LogP contribution in [-0.4, -0.2) is 55.1 Å². The van der Waals surface area contributed by atoms with E-state index >= 15 is 0 Å². The Balaban J connectivity index is 2.74. The lowest BCUT2D eigenvalue weighted by molar-refractivity contribution is -0.139. The lowest BCUT2D eigenvalue weighted by Crippen LogP contribution is -2.56. The summed E-state index contributed by atoms with van der Waals surface area (Å²) in [5.74, 6) is -1.14. The van der Waals surface area contributed by atoms with Crippen molar-refractivity contribution >= 4 is 16.2 Å². The van der Waals surface area contributed by atoms with Gasteiger partial charge in [0.15, 0.2) is 0 Å². The number of rotatable bonds is 7. The topological polar surface area (TPSA) is 95.9 Å². The highest BCUT2D eigenvalue weighted by Gasteiger charge is 2.36. The molecule has 1 aliphatic heterocycles. The van der Waals surface area contributed by atoms with E-state index in [4.69, 9.17) is 9.84 Å². The molecule has 0 aliphatic carbocycles. The molecule has 0 aromatic heterocycles. The van der Waals surface area contributed by atoms with E-state index in [0.717, 1.165) is 6.42 Å². The summed E-state index contributed by atoms with van der Waals surface area (Å²) in [4.78, 5) is 11.1. The molecule has 0 saturated carbocycles. The number of hydrogen-bond acceptors (Lipinski definition) is 4. The molecule has 1 atom stereocenters. The number of carboxylic acid groups (broad SMARTS) is 1. The van der Waals surface area contributed by atoms with Gasteiger partial charge in [0.2, 0.25) is 0 Å². The zero-order chi connectivity index (χ0) is 15.4. The number of unbranched alkanes of at least 4 members (excludes halogenated alkanes) is 1. The molecule has 1 unspecified atom stereocenters. The van der Waals surface area contributed by atoms with E-state index in [2.05, 4.69) is 4.72 Å². The third-order valence-corrected chi connectivity index (χ3v) is 4.74. The van der Waals surface area contributed by atoms with Crippen LogP contribution in [-0.2, 0) is 19.7 Å². The zero-order valence-electron chi connectivity index (χ0n) is 12.3. The number of nitrogens with zero attached hydrogens (tertiary/aromatic N) is 1. The lowest BCUT2D eigenvalue weighted by atomic mass is 10.1. The van der Waals surface area contributed by atoms with Crippen LogP contribution in [0.3, 0.4) is 0 Å². The van der Waals surface area contributed by atoms with Gasteiger partial charge in [-0.15, -0.1) is 0 Å². The first kappa shape index (κ1) is 17.4. The molecule has 20 heavy (non-hydrogen) atoms. The van der Waals surface area contributed by atoms with Gasteiger partial charge >= 0.3 is 5.97 Å². The summed E-state index contributed by atoms with van der Waals surface area (Å²) in [7, 11) is -3.81. The molecule has 1 aliphatic rings. The van der Waals surface area contributed by atoms with Crippen molar-refractivity contribution in [2.24, 2.45) is 0 Å². The minimum absolute atomic E-state index is 0.211. The van der Waals surface area contributed by atoms with Gasteiger partial charge in [0.1, 0.15) is 6.04 Å². The van der Waals surface area contributed by atoms with E-state index in [9.17, 15) is 13.2 Å². The van der Waals surface area contributed by atoms with E-state index in [1.165, 1.54) is 4.31 Å². The van der Waals surface area contributed by atoms with Crippen LogP contribution >= 0.6 is 0 Å². The third-order valence-electron chi connectivity index (χ3n) is 3.17. The molecule has 118 valence electrons. The van der Waals surface area contributed by atoms with E-state index in [1.807, 2.05) is 6.92 Å². The summed E-state index contributed by atoms with van der Waals surface area (Å²) < 4.78 is 33.5. The van der Waals surface area contributed by atoms with Crippen molar-refractivity contribution in [1.29, 1.82) is 0 Å². The average Bonchev–Trinajstić information content (AvgIpc) is 2.32. The number of morpholine rings is 1. The summed E-state index contributed by atoms with van der Waals surface area (Å²) in [5, 5.41) is 9.09. The number of nitrogens with one attached hydrogen (secondary N) is 1. The summed E-state index contributed by atoms with van der Waals surface area (Å²) in [6, 6.07) is -1.08. The van der Waals surface area contributed by atoms with E-state index in [1.54, 1.807) is 13.8 Å². The number of ether oxygens (including phenoxy) is 1. The Morgan fingerprint density at radius 3 is 2.65 bits per heavy atom. The van der Waals surface area contributed by atoms with Crippen LogP contribution in [0.4, 0.5) is 0 Å². The monoisotopic (exact) mass is 308 g/mol. The minimum atomic E-state index is -3.81. The first-order chi connectivity index (χ1) is 9.18. The molecule has 8 heteroatoms. The van der Waals surface area contributed by atoms with Crippen LogP contribution in [0.5, 0.6) is 0 Å². The largest absolute Gasteiger partial charge is 0.480 e. The van der Waals surface area contributed by atoms with Gasteiger partial charge in [-0.2, -0.15) is 17.4 Å². The quantitative estimate of drug-likeness (QED) is 0.717. The second-order valence-electron chi connectivity index (χ2n) is 5.60. The molecule has 7 nitrogen and oxygen atoms in total. The van der Waals surface area contributed by atoms with Crippen LogP contribution in [0.25, 0.3) is 0 Å². The van der Waals surface area contributed by atoms with E-state index in [0.29, 0.717) is 19.4 Å². The molecule has 1 rings (SSSR count). The summed E-state index contributed by atoms with van der Waals surface area (Å²) in [5.41, 5.74) is -0.560. The van der Waals surface area contributed by atoms with Gasteiger partial charge in [-0.25, -0.2) is 0 Å². The molecule has 1 fully saturated rings. The zero-order valence-corrected chi connectivity index (χ0v) is 13.1. The molecule has 0 aromatic carbocycles. The number of carboxylic acids is 1. The summed E-state index contributed by atoms with van der Waals surface area (Å²) in [6.45, 7) is 6.29. The standard InChI is InChI=1S/C12H24N2O5S/c1-4-5-6-10(11(15)16)13-20(17,18)14-7-8-19-12(2,3)9-14/h10,13H,4-9H2,1-3H3,(H,15,16). The van der Waals surface area contributed by atoms with Gasteiger partial charge in [0.25, 0.3) is 10.2 Å². The maximum atomic E-state index is 12.2. The number of carbonyl (C=O) groups is 1. The van der Waals surface area contributed by atoms with Gasteiger partial charge in [-0.3, -0.25) is 4.79 Å². The van der Waals surface area contributed by atoms with Gasteiger partial charge < -0.3 is 9.84 Å². The highest BCUT2D eigenvalue weighted by molar-refractivity contribution is 7.87. The number of hydrogen-bond donors (Lipinski definition) is 2. The van der Waals surface area contributed by atoms with Crippen molar-refractivity contribution in [3.63, 3.8) is 0 Å². The van der Waals surface area contributed by atoms with Crippen LogP contribution in [0.1, 0.15) is 40.0 Å². The van der Waals surface area contributed by atoms with Gasteiger partial charge in [-0.1, -0.05) is 19.8 Å². The van der Waals surface area contributed by atoms with Crippen LogP contribution in [0.15, 0.2) is 0 Å². The molecule has 1 saturated heterocycles. The van der Waals surface area contributed by atoms with Crippen molar-refractivity contribution < 1.29 is 23.1 Å². The fraction of sp³-hybridized carbons (Fsp3) is 0.917. The Morgan fingerprint density at radius 1 is 1.50 bits per heavy atom. The molecule has 0 bridgehead atoms. The van der Waals surface area contributed by atoms with Crippen molar-refractivity contribution in [3.8, 4) is 0 Å². The first-order valence-electron chi connectivity index (χ1n) is 6.82. The predicted molar refractivity (Wildman–Crippen MR) is 74.6 cm³/mol. The molecule has 2 N–H and O–H groups in total. The van der Waals surface area contributed by atoms with E-state index in [-0.39, 0.29) is 13.1 Å². The summed E-state index contributed by atoms with van der Waals surface area (Å²) >= 11 is 0. The van der Waals surface area contributed by atoms with Crippen LogP contribution in [0, 0.1) is 0 Å². The Hall–Kier alpha value is -0.700. The fourth-order valence-electron chi connectivity index (χ4n) is 2.07. The molecule has 1 heterocycles. The van der Waals surface area contributed by atoms with Crippen LogP contribution < -0.4 is 4.72 Å². The average molecular weight is 308 g/mol. The van der Waals surface area contributed by atoms with Gasteiger partial charge in [0.05, 0.1) is 12.2 Å². The van der Waals surface area contributed by atoms with Crippen molar-refractivity contribution in [1.82, 2.24) is 9.03 Å². The Labute approximate surface area is 120 Å². The Morgan fingerprint density at radius 2 is 2.15 bits per heavy atom. The smallest absolute Gasteiger partial charge is 0.321 e. The predicted octanol–water partition coefficient (Wildman–Crippen LogP) is 0.575. The Kier molecular flexibility index (Phi) is 5.93. The first-order valence-corrected chi connectivity index (χ1v) is 8.26.